The van der Waals surface area contributed by atoms with Crippen LogP contribution in [-0.2, 0) is 0 Å². The van der Waals surface area contributed by atoms with Gasteiger partial charge in [-0.3, -0.25) is 19.5 Å². The van der Waals surface area contributed by atoms with Crippen LogP contribution in [-0.4, -0.2) is 42.3 Å². The minimum Gasteiger partial charge on any atom is -0.490 e. The van der Waals surface area contributed by atoms with Gasteiger partial charge in [0.1, 0.15) is 0 Å². The largest absolute Gasteiger partial charge is 0.490 e. The molecule has 0 atom stereocenters. The van der Waals surface area contributed by atoms with Crippen molar-refractivity contribution in [2.45, 2.75) is 6.42 Å². The van der Waals surface area contributed by atoms with E-state index in [2.05, 4.69) is 15.1 Å². The lowest BCUT2D eigenvalue weighted by atomic mass is 10.2. The average molecular weight is 456 g/mol. The summed E-state index contributed by atoms with van der Waals surface area (Å²) < 4.78 is 14.3. The Morgan fingerprint density at radius 3 is 2.74 bits per heavy atom. The van der Waals surface area contributed by atoms with Gasteiger partial charge in [-0.2, -0.15) is 9.50 Å². The van der Waals surface area contributed by atoms with Crippen LogP contribution in [0.5, 0.6) is 11.5 Å². The lowest BCUT2D eigenvalue weighted by Gasteiger charge is -2.08. The number of aromatic nitrogens is 5. The molecule has 0 unspecified atom stereocenters. The van der Waals surface area contributed by atoms with Crippen LogP contribution in [0.1, 0.15) is 6.42 Å². The highest BCUT2D eigenvalue weighted by Gasteiger charge is 2.17. The molecule has 0 aliphatic carbocycles. The van der Waals surface area contributed by atoms with Crippen molar-refractivity contribution >= 4 is 22.4 Å². The maximum Gasteiger partial charge on any atom is 0.271 e. The van der Waals surface area contributed by atoms with E-state index in [1.807, 2.05) is 18.2 Å². The third kappa shape index (κ3) is 3.22. The molecule has 4 heterocycles. The predicted octanol–water partition coefficient (Wildman–Crippen LogP) is 3.16. The normalized spacial score (nSPS) is 13.2. The summed E-state index contributed by atoms with van der Waals surface area (Å²) in [6.07, 6.45) is 3.80. The van der Waals surface area contributed by atoms with E-state index < -0.39 is 4.92 Å². The Hall–Kier alpha value is -4.80. The Kier molecular flexibility index (Phi) is 4.47. The van der Waals surface area contributed by atoms with Crippen molar-refractivity contribution < 1.29 is 14.4 Å². The number of hydrogen-bond donors (Lipinski definition) is 0. The van der Waals surface area contributed by atoms with Crippen molar-refractivity contribution in [2.24, 2.45) is 0 Å². The first-order chi connectivity index (χ1) is 16.6. The molecule has 11 heteroatoms. The summed E-state index contributed by atoms with van der Waals surface area (Å²) in [5.74, 6) is 2.07. The van der Waals surface area contributed by atoms with E-state index in [9.17, 15) is 14.9 Å². The van der Waals surface area contributed by atoms with Crippen LogP contribution in [0.2, 0.25) is 0 Å². The topological polar surface area (TPSA) is 127 Å². The molecule has 0 N–H and O–H groups in total. The summed E-state index contributed by atoms with van der Waals surface area (Å²) in [6.45, 7) is 1.17. The number of benzene rings is 2. The highest BCUT2D eigenvalue weighted by molar-refractivity contribution is 5.79. The second-order valence-electron chi connectivity index (χ2n) is 7.68. The van der Waals surface area contributed by atoms with Crippen molar-refractivity contribution in [3.05, 3.63) is 81.4 Å². The van der Waals surface area contributed by atoms with Gasteiger partial charge in [0, 0.05) is 36.5 Å². The first-order valence-electron chi connectivity index (χ1n) is 10.5. The molecule has 6 rings (SSSR count). The third-order valence-electron chi connectivity index (χ3n) is 5.56. The van der Waals surface area contributed by atoms with Gasteiger partial charge < -0.3 is 9.47 Å². The van der Waals surface area contributed by atoms with E-state index in [0.29, 0.717) is 52.9 Å². The number of fused-ring (bicyclic) bond motifs is 4. The van der Waals surface area contributed by atoms with Gasteiger partial charge in [0.2, 0.25) is 0 Å². The molecule has 0 saturated carbocycles. The molecule has 1 aliphatic heterocycles. The monoisotopic (exact) mass is 456 g/mol. The van der Waals surface area contributed by atoms with Crippen molar-refractivity contribution in [1.29, 1.82) is 0 Å². The Bertz CT molecular complexity index is 1660. The van der Waals surface area contributed by atoms with E-state index in [-0.39, 0.29) is 11.2 Å². The number of ether oxygens (including phenoxy) is 2. The van der Waals surface area contributed by atoms with Gasteiger partial charge in [0.05, 0.1) is 34.7 Å². The molecule has 3 aromatic heterocycles. The molecular weight excluding hydrogens is 440 g/mol. The zero-order valence-corrected chi connectivity index (χ0v) is 17.6. The minimum absolute atomic E-state index is 0.103. The predicted molar refractivity (Wildman–Crippen MR) is 122 cm³/mol. The van der Waals surface area contributed by atoms with Crippen LogP contribution in [0.3, 0.4) is 0 Å². The molecule has 0 fully saturated rings. The lowest BCUT2D eigenvalue weighted by Crippen LogP contribution is -2.19. The number of nitro benzene ring substituents is 1. The second kappa shape index (κ2) is 7.66. The summed E-state index contributed by atoms with van der Waals surface area (Å²) in [7, 11) is 0. The number of nitro groups is 1. The standard InChI is InChI=1S/C23H16N6O5/c30-22-17-13-24-23-25-21(14-5-6-19-20(11-14)34-10-2-9-33-19)26-28(23)18(17)7-8-27(22)15-3-1-4-16(12-15)29(31)32/h1,3-8,11-13H,2,9-10H2. The van der Waals surface area contributed by atoms with Gasteiger partial charge in [-0.25, -0.2) is 4.98 Å². The molecule has 0 amide bonds. The fraction of sp³-hybridized carbons (Fsp3) is 0.130. The lowest BCUT2D eigenvalue weighted by molar-refractivity contribution is -0.384. The molecular formula is C23H16N6O5. The molecule has 11 nitrogen and oxygen atoms in total. The van der Waals surface area contributed by atoms with Gasteiger partial charge in [-0.15, -0.1) is 5.10 Å². The third-order valence-corrected chi connectivity index (χ3v) is 5.56. The summed E-state index contributed by atoms with van der Waals surface area (Å²) in [4.78, 5) is 32.6. The maximum absolute atomic E-state index is 13.2. The van der Waals surface area contributed by atoms with Crippen LogP contribution in [0, 0.1) is 10.1 Å². The van der Waals surface area contributed by atoms with E-state index in [4.69, 9.17) is 9.47 Å². The summed E-state index contributed by atoms with van der Waals surface area (Å²) in [6, 6.07) is 13.1. The zero-order chi connectivity index (χ0) is 23.2. The van der Waals surface area contributed by atoms with Crippen LogP contribution in [0.25, 0.3) is 33.8 Å². The quantitative estimate of drug-likeness (QED) is 0.299. The van der Waals surface area contributed by atoms with Crippen LogP contribution < -0.4 is 15.0 Å². The van der Waals surface area contributed by atoms with Gasteiger partial charge >= 0.3 is 0 Å². The van der Waals surface area contributed by atoms with Crippen LogP contribution >= 0.6 is 0 Å². The van der Waals surface area contributed by atoms with Crippen molar-refractivity contribution in [3.63, 3.8) is 0 Å². The first kappa shape index (κ1) is 19.9. The summed E-state index contributed by atoms with van der Waals surface area (Å²) in [5.41, 5.74) is 1.15. The van der Waals surface area contributed by atoms with E-state index in [0.717, 1.165) is 12.0 Å². The van der Waals surface area contributed by atoms with Crippen LogP contribution in [0.15, 0.2) is 65.7 Å². The maximum atomic E-state index is 13.2. The molecule has 5 aromatic rings. The Balaban J connectivity index is 1.46. The zero-order valence-electron chi connectivity index (χ0n) is 17.6. The average Bonchev–Trinajstić information content (AvgIpc) is 3.16. The van der Waals surface area contributed by atoms with Crippen LogP contribution in [0.4, 0.5) is 5.69 Å². The Morgan fingerprint density at radius 2 is 1.88 bits per heavy atom. The molecule has 2 aromatic carbocycles. The second-order valence-corrected chi connectivity index (χ2v) is 7.68. The summed E-state index contributed by atoms with van der Waals surface area (Å²) in [5, 5.41) is 16.0. The number of hydrogen-bond acceptors (Lipinski definition) is 8. The summed E-state index contributed by atoms with van der Waals surface area (Å²) >= 11 is 0. The van der Waals surface area contributed by atoms with Crippen molar-refractivity contribution in [2.75, 3.05) is 13.2 Å². The molecule has 1 aliphatic rings. The van der Waals surface area contributed by atoms with Gasteiger partial charge in [-0.1, -0.05) is 6.07 Å². The van der Waals surface area contributed by atoms with Gasteiger partial charge in [0.15, 0.2) is 17.3 Å². The number of non-ortho nitro benzene ring substituents is 1. The number of rotatable bonds is 3. The highest BCUT2D eigenvalue weighted by Crippen LogP contribution is 2.33. The number of pyridine rings is 1. The molecule has 34 heavy (non-hydrogen) atoms. The highest BCUT2D eigenvalue weighted by atomic mass is 16.6. The molecule has 168 valence electrons. The van der Waals surface area contributed by atoms with Gasteiger partial charge in [-0.05, 0) is 30.3 Å². The molecule has 0 radical (unpaired) electrons. The van der Waals surface area contributed by atoms with Crippen molar-refractivity contribution in [3.8, 4) is 28.6 Å². The molecule has 0 spiro atoms. The number of nitrogens with zero attached hydrogens (tertiary/aromatic N) is 6. The van der Waals surface area contributed by atoms with E-state index in [1.54, 1.807) is 18.3 Å². The smallest absolute Gasteiger partial charge is 0.271 e. The minimum atomic E-state index is -0.503. The van der Waals surface area contributed by atoms with Crippen molar-refractivity contribution in [1.82, 2.24) is 24.1 Å². The first-order valence-corrected chi connectivity index (χ1v) is 10.5. The fourth-order valence-electron chi connectivity index (χ4n) is 3.90. The molecule has 0 saturated heterocycles. The SMILES string of the molecule is O=c1c2cnc3nc(-c4ccc5c(c4)OCCCO5)nn3c2ccn1-c1cccc([N+](=O)[O-])c1. The van der Waals surface area contributed by atoms with E-state index in [1.165, 1.54) is 33.5 Å². The fourth-order valence-corrected chi connectivity index (χ4v) is 3.90. The van der Waals surface area contributed by atoms with E-state index >= 15 is 0 Å². The molecule has 0 bridgehead atoms. The Morgan fingerprint density at radius 1 is 1.03 bits per heavy atom. The Labute approximate surface area is 191 Å². The van der Waals surface area contributed by atoms with Gasteiger partial charge in [0.25, 0.3) is 17.0 Å².